The lowest BCUT2D eigenvalue weighted by Crippen LogP contribution is -2.28. The van der Waals surface area contributed by atoms with Crippen LogP contribution in [0.15, 0.2) is 77.6 Å². The Morgan fingerprint density at radius 1 is 0.643 bits per heavy atom. The van der Waals surface area contributed by atoms with Crippen molar-refractivity contribution in [3.05, 3.63) is 94.4 Å². The predicted octanol–water partition coefficient (Wildman–Crippen LogP) is 4.56. The minimum Gasteiger partial charge on any atom is -0.367 e. The van der Waals surface area contributed by atoms with Gasteiger partial charge in [-0.1, -0.05) is 47.5 Å². The van der Waals surface area contributed by atoms with Gasteiger partial charge in [-0.25, -0.2) is 4.79 Å². The third-order valence-corrected chi connectivity index (χ3v) is 4.91. The minimum atomic E-state index is -0.0413. The molecule has 0 saturated heterocycles. The van der Waals surface area contributed by atoms with E-state index in [9.17, 15) is 4.79 Å². The maximum atomic E-state index is 13.1. The van der Waals surface area contributed by atoms with E-state index in [0.717, 1.165) is 22.4 Å². The zero-order chi connectivity index (χ0) is 19.5. The Morgan fingerprint density at radius 2 is 1.04 bits per heavy atom. The molecule has 28 heavy (non-hydrogen) atoms. The fourth-order valence-corrected chi connectivity index (χ4v) is 3.26. The third-order valence-electron chi connectivity index (χ3n) is 4.91. The zero-order valence-corrected chi connectivity index (χ0v) is 16.1. The first-order valence-corrected chi connectivity index (χ1v) is 9.41. The molecule has 0 radical (unpaired) electrons. The summed E-state index contributed by atoms with van der Waals surface area (Å²) in [6.07, 6.45) is 0. The number of rotatable bonds is 6. The number of anilines is 2. The maximum Gasteiger partial charge on any atom is 0.332 e. The standard InChI is InChI=1S/C23H24N4O/c1-17-7-11-19(12-8-17)24-15-26-21-5-3-4-6-22(21)27(23(26)28)16-25-20-13-9-18(2)10-14-20/h3-14,24-25H,15-16H2,1-2H3. The predicted molar refractivity (Wildman–Crippen MR) is 116 cm³/mol. The first-order chi connectivity index (χ1) is 13.6. The molecule has 4 rings (SSSR count). The van der Waals surface area contributed by atoms with Crippen molar-refractivity contribution in [2.24, 2.45) is 0 Å². The quantitative estimate of drug-likeness (QED) is 0.522. The Labute approximate surface area is 164 Å². The number of fused-ring (bicyclic) bond motifs is 1. The number of para-hydroxylation sites is 2. The van der Waals surface area contributed by atoms with Crippen LogP contribution >= 0.6 is 0 Å². The summed E-state index contributed by atoms with van der Waals surface area (Å²) < 4.78 is 3.54. The van der Waals surface area contributed by atoms with E-state index in [1.165, 1.54) is 11.1 Å². The molecule has 0 atom stereocenters. The summed E-state index contributed by atoms with van der Waals surface area (Å²) in [7, 11) is 0. The molecule has 5 heteroatoms. The van der Waals surface area contributed by atoms with Crippen LogP contribution in [0.5, 0.6) is 0 Å². The maximum absolute atomic E-state index is 13.1. The number of nitrogens with one attached hydrogen (secondary N) is 2. The van der Waals surface area contributed by atoms with Crippen molar-refractivity contribution >= 4 is 22.4 Å². The van der Waals surface area contributed by atoms with Crippen molar-refractivity contribution in [1.29, 1.82) is 0 Å². The smallest absolute Gasteiger partial charge is 0.332 e. The summed E-state index contributed by atoms with van der Waals surface area (Å²) in [5.74, 6) is 0. The molecule has 0 aliphatic heterocycles. The van der Waals surface area contributed by atoms with Gasteiger partial charge in [-0.2, -0.15) is 0 Å². The molecule has 0 amide bonds. The summed E-state index contributed by atoms with van der Waals surface area (Å²) in [5.41, 5.74) is 6.19. The highest BCUT2D eigenvalue weighted by Crippen LogP contribution is 2.15. The van der Waals surface area contributed by atoms with E-state index in [1.54, 1.807) is 9.13 Å². The van der Waals surface area contributed by atoms with Crippen LogP contribution in [0.3, 0.4) is 0 Å². The van der Waals surface area contributed by atoms with Crippen LogP contribution in [0.4, 0.5) is 11.4 Å². The summed E-state index contributed by atoms with van der Waals surface area (Å²) in [6, 6.07) is 24.2. The SMILES string of the molecule is Cc1ccc(NCn2c(=O)n(CNc3ccc(C)cc3)c3ccccc32)cc1. The van der Waals surface area contributed by atoms with Crippen molar-refractivity contribution in [2.45, 2.75) is 27.2 Å². The summed E-state index contributed by atoms with van der Waals surface area (Å²) >= 11 is 0. The Kier molecular flexibility index (Phi) is 4.89. The van der Waals surface area contributed by atoms with E-state index in [1.807, 2.05) is 48.5 Å². The van der Waals surface area contributed by atoms with Crippen molar-refractivity contribution in [2.75, 3.05) is 10.6 Å². The molecule has 5 nitrogen and oxygen atoms in total. The average molecular weight is 372 g/mol. The molecule has 0 spiro atoms. The van der Waals surface area contributed by atoms with Crippen LogP contribution < -0.4 is 16.3 Å². The number of nitrogens with zero attached hydrogens (tertiary/aromatic N) is 2. The molecule has 0 aliphatic carbocycles. The van der Waals surface area contributed by atoms with Gasteiger partial charge in [0.2, 0.25) is 0 Å². The second-order valence-corrected chi connectivity index (χ2v) is 7.03. The fraction of sp³-hybridized carbons (Fsp3) is 0.174. The molecule has 0 unspecified atom stereocenters. The van der Waals surface area contributed by atoms with Gasteiger partial charge in [0.25, 0.3) is 0 Å². The first-order valence-electron chi connectivity index (χ1n) is 9.41. The molecule has 0 saturated carbocycles. The van der Waals surface area contributed by atoms with Gasteiger partial charge in [-0.3, -0.25) is 9.13 Å². The van der Waals surface area contributed by atoms with Crippen LogP contribution in [0, 0.1) is 13.8 Å². The molecule has 1 heterocycles. The molecule has 0 bridgehead atoms. The summed E-state index contributed by atoms with van der Waals surface area (Å²) in [4.78, 5) is 13.1. The molecule has 0 fully saturated rings. The van der Waals surface area contributed by atoms with E-state index in [2.05, 4.69) is 48.7 Å². The molecule has 4 aromatic rings. The number of aryl methyl sites for hydroxylation is 2. The van der Waals surface area contributed by atoms with Crippen LogP contribution in [0.2, 0.25) is 0 Å². The van der Waals surface area contributed by atoms with Gasteiger partial charge >= 0.3 is 5.69 Å². The van der Waals surface area contributed by atoms with Gasteiger partial charge in [-0.05, 0) is 50.2 Å². The normalized spacial score (nSPS) is 10.9. The zero-order valence-electron chi connectivity index (χ0n) is 16.1. The lowest BCUT2D eigenvalue weighted by molar-refractivity contribution is 0.682. The number of hydrogen-bond acceptors (Lipinski definition) is 3. The van der Waals surface area contributed by atoms with E-state index in [-0.39, 0.29) is 5.69 Å². The van der Waals surface area contributed by atoms with E-state index < -0.39 is 0 Å². The number of benzene rings is 3. The van der Waals surface area contributed by atoms with E-state index in [0.29, 0.717) is 13.3 Å². The monoisotopic (exact) mass is 372 g/mol. The minimum absolute atomic E-state index is 0.0413. The van der Waals surface area contributed by atoms with Gasteiger partial charge in [-0.15, -0.1) is 0 Å². The molecule has 0 aliphatic rings. The number of aromatic nitrogens is 2. The number of imidazole rings is 1. The van der Waals surface area contributed by atoms with Crippen molar-refractivity contribution < 1.29 is 0 Å². The molecule has 3 aromatic carbocycles. The van der Waals surface area contributed by atoms with Gasteiger partial charge in [0.15, 0.2) is 0 Å². The highest BCUT2D eigenvalue weighted by Gasteiger charge is 2.12. The molecular formula is C23H24N4O. The van der Waals surface area contributed by atoms with Crippen molar-refractivity contribution in [1.82, 2.24) is 9.13 Å². The lowest BCUT2D eigenvalue weighted by Gasteiger charge is -2.08. The Hall–Kier alpha value is -3.47. The average Bonchev–Trinajstić information content (AvgIpc) is 2.98. The van der Waals surface area contributed by atoms with Crippen LogP contribution in [-0.4, -0.2) is 9.13 Å². The largest absolute Gasteiger partial charge is 0.367 e. The first kappa shape index (κ1) is 17.9. The van der Waals surface area contributed by atoms with Gasteiger partial charge in [0.05, 0.1) is 24.4 Å². The van der Waals surface area contributed by atoms with Crippen molar-refractivity contribution in [3.63, 3.8) is 0 Å². The molecule has 1 aromatic heterocycles. The molecule has 142 valence electrons. The van der Waals surface area contributed by atoms with Crippen molar-refractivity contribution in [3.8, 4) is 0 Å². The summed E-state index contributed by atoms with van der Waals surface area (Å²) in [6.45, 7) is 4.95. The van der Waals surface area contributed by atoms with Gasteiger partial charge < -0.3 is 10.6 Å². The number of hydrogen-bond donors (Lipinski definition) is 2. The highest BCUT2D eigenvalue weighted by molar-refractivity contribution is 5.76. The van der Waals surface area contributed by atoms with E-state index in [4.69, 9.17) is 0 Å². The van der Waals surface area contributed by atoms with Crippen LogP contribution in [0.1, 0.15) is 11.1 Å². The highest BCUT2D eigenvalue weighted by atomic mass is 16.1. The fourth-order valence-electron chi connectivity index (χ4n) is 3.26. The third kappa shape index (κ3) is 3.64. The lowest BCUT2D eigenvalue weighted by atomic mass is 10.2. The molecule has 2 N–H and O–H groups in total. The second kappa shape index (κ2) is 7.64. The van der Waals surface area contributed by atoms with E-state index >= 15 is 0 Å². The molecular weight excluding hydrogens is 348 g/mol. The Balaban J connectivity index is 1.60. The Bertz CT molecular complexity index is 1050. The van der Waals surface area contributed by atoms with Gasteiger partial charge in [0.1, 0.15) is 0 Å². The van der Waals surface area contributed by atoms with Crippen LogP contribution in [-0.2, 0) is 13.3 Å². The Morgan fingerprint density at radius 3 is 1.43 bits per heavy atom. The topological polar surface area (TPSA) is 51.0 Å². The van der Waals surface area contributed by atoms with Gasteiger partial charge in [0, 0.05) is 11.4 Å². The summed E-state index contributed by atoms with van der Waals surface area (Å²) in [5, 5.41) is 6.69. The second-order valence-electron chi connectivity index (χ2n) is 7.03. The van der Waals surface area contributed by atoms with Crippen LogP contribution in [0.25, 0.3) is 11.0 Å².